The lowest BCUT2D eigenvalue weighted by Crippen LogP contribution is -2.10. The zero-order valence-corrected chi connectivity index (χ0v) is 28.7. The Morgan fingerprint density at radius 2 is 0.849 bits per heavy atom. The van der Waals surface area contributed by atoms with E-state index >= 15 is 0 Å². The van der Waals surface area contributed by atoms with Gasteiger partial charge in [-0.3, -0.25) is 0 Å². The van der Waals surface area contributed by atoms with Crippen LogP contribution in [0.15, 0.2) is 197 Å². The van der Waals surface area contributed by atoms with Crippen molar-refractivity contribution in [2.24, 2.45) is 0 Å². The zero-order chi connectivity index (χ0) is 34.9. The topological polar surface area (TPSA) is 29.5 Å². The van der Waals surface area contributed by atoms with Crippen molar-refractivity contribution in [1.82, 2.24) is 0 Å². The molecule has 0 saturated carbocycles. The largest absolute Gasteiger partial charge is 0.456 e. The van der Waals surface area contributed by atoms with Crippen LogP contribution in [0.3, 0.4) is 0 Å². The van der Waals surface area contributed by atoms with Crippen LogP contribution in [0, 0.1) is 0 Å². The van der Waals surface area contributed by atoms with Gasteiger partial charge in [0.25, 0.3) is 0 Å². The van der Waals surface area contributed by atoms with Crippen molar-refractivity contribution >= 4 is 82.5 Å². The fourth-order valence-corrected chi connectivity index (χ4v) is 8.16. The van der Waals surface area contributed by atoms with Crippen LogP contribution >= 0.6 is 0 Å². The average molecular weight is 678 g/mol. The van der Waals surface area contributed by atoms with E-state index in [1.54, 1.807) is 0 Å². The molecule has 11 aromatic rings. The summed E-state index contributed by atoms with van der Waals surface area (Å²) in [6, 6.07) is 66.9. The lowest BCUT2D eigenvalue weighted by atomic mass is 9.97. The number of hydrogen-bond donors (Lipinski definition) is 0. The van der Waals surface area contributed by atoms with Gasteiger partial charge in [0.1, 0.15) is 22.3 Å². The third kappa shape index (κ3) is 4.75. The van der Waals surface area contributed by atoms with Gasteiger partial charge in [0.2, 0.25) is 0 Å². The van der Waals surface area contributed by atoms with Gasteiger partial charge < -0.3 is 13.7 Å². The molecule has 248 valence electrons. The fourth-order valence-electron chi connectivity index (χ4n) is 8.16. The smallest absolute Gasteiger partial charge is 0.137 e. The van der Waals surface area contributed by atoms with E-state index in [0.717, 1.165) is 72.1 Å². The molecule has 0 bridgehead atoms. The van der Waals surface area contributed by atoms with Crippen LogP contribution in [0.2, 0.25) is 0 Å². The molecule has 0 unspecified atom stereocenters. The molecule has 0 saturated heterocycles. The highest BCUT2D eigenvalue weighted by atomic mass is 16.3. The SMILES string of the molecule is c1ccc2c(-c3ccc(N(c4ccc(-c5ccc6ccc7oc8ccccc8c7c6c5)cc4)c4cccc5oc6ccccc6c45)cc3)cccc2c1. The molecule has 3 nitrogen and oxygen atoms in total. The van der Waals surface area contributed by atoms with Gasteiger partial charge in [0.15, 0.2) is 0 Å². The molecule has 2 heterocycles. The summed E-state index contributed by atoms with van der Waals surface area (Å²) in [5.41, 5.74) is 11.5. The first-order chi connectivity index (χ1) is 26.3. The van der Waals surface area contributed by atoms with Crippen molar-refractivity contribution in [2.75, 3.05) is 4.90 Å². The Hall–Kier alpha value is -7.10. The molecule has 11 rings (SSSR count). The highest BCUT2D eigenvalue weighted by molar-refractivity contribution is 6.19. The van der Waals surface area contributed by atoms with E-state index in [1.807, 2.05) is 24.3 Å². The summed E-state index contributed by atoms with van der Waals surface area (Å²) in [7, 11) is 0. The third-order valence-corrected chi connectivity index (χ3v) is 10.7. The van der Waals surface area contributed by atoms with Crippen LogP contribution in [-0.2, 0) is 0 Å². The van der Waals surface area contributed by atoms with Gasteiger partial charge in [-0.2, -0.15) is 0 Å². The van der Waals surface area contributed by atoms with Gasteiger partial charge in [-0.05, 0) is 104 Å². The molecule has 3 heteroatoms. The predicted molar refractivity (Wildman–Crippen MR) is 222 cm³/mol. The molecule has 0 aliphatic heterocycles. The summed E-state index contributed by atoms with van der Waals surface area (Å²) in [4.78, 5) is 2.35. The molecule has 9 aromatic carbocycles. The van der Waals surface area contributed by atoms with Gasteiger partial charge in [0.05, 0.1) is 11.1 Å². The van der Waals surface area contributed by atoms with Gasteiger partial charge in [-0.1, -0.05) is 127 Å². The maximum Gasteiger partial charge on any atom is 0.137 e. The Balaban J connectivity index is 1.05. The predicted octanol–water partition coefficient (Wildman–Crippen LogP) is 14.6. The second-order valence-corrected chi connectivity index (χ2v) is 13.7. The first-order valence-corrected chi connectivity index (χ1v) is 18.0. The van der Waals surface area contributed by atoms with Crippen LogP contribution < -0.4 is 4.90 Å². The molecule has 2 aromatic heterocycles. The maximum atomic E-state index is 6.36. The summed E-state index contributed by atoms with van der Waals surface area (Å²) in [6.45, 7) is 0. The first kappa shape index (κ1) is 29.6. The second-order valence-electron chi connectivity index (χ2n) is 13.7. The van der Waals surface area contributed by atoms with Crippen LogP contribution in [0.1, 0.15) is 0 Å². The quantitative estimate of drug-likeness (QED) is 0.182. The Morgan fingerprint density at radius 3 is 1.60 bits per heavy atom. The lowest BCUT2D eigenvalue weighted by molar-refractivity contribution is 0.668. The zero-order valence-electron chi connectivity index (χ0n) is 28.7. The van der Waals surface area contributed by atoms with Gasteiger partial charge in [-0.15, -0.1) is 0 Å². The van der Waals surface area contributed by atoms with Crippen molar-refractivity contribution in [1.29, 1.82) is 0 Å². The second kappa shape index (κ2) is 11.7. The minimum atomic E-state index is 0.868. The lowest BCUT2D eigenvalue weighted by Gasteiger charge is -2.26. The van der Waals surface area contributed by atoms with Gasteiger partial charge in [0, 0.05) is 27.5 Å². The third-order valence-electron chi connectivity index (χ3n) is 10.7. The molecule has 0 atom stereocenters. The number of rotatable bonds is 5. The van der Waals surface area contributed by atoms with Crippen LogP contribution in [0.25, 0.3) is 87.7 Å². The van der Waals surface area contributed by atoms with E-state index < -0.39 is 0 Å². The Labute approximate surface area is 305 Å². The maximum absolute atomic E-state index is 6.36. The molecular weight excluding hydrogens is 647 g/mol. The number of benzene rings is 9. The van der Waals surface area contributed by atoms with Crippen LogP contribution in [0.5, 0.6) is 0 Å². The normalized spacial score (nSPS) is 11.8. The van der Waals surface area contributed by atoms with Crippen molar-refractivity contribution in [3.63, 3.8) is 0 Å². The molecule has 0 radical (unpaired) electrons. The van der Waals surface area contributed by atoms with Crippen molar-refractivity contribution in [2.45, 2.75) is 0 Å². The van der Waals surface area contributed by atoms with E-state index in [2.05, 4.69) is 169 Å². The number of nitrogens with zero attached hydrogens (tertiary/aromatic N) is 1. The number of fused-ring (bicyclic) bond motifs is 9. The van der Waals surface area contributed by atoms with Crippen LogP contribution in [0.4, 0.5) is 17.1 Å². The standard InChI is InChI=1S/C50H31NO2/c1-2-11-39-33(9-1)10-7-14-40(39)34-23-28-38(29-24-34)51(44-15-8-18-47-50(44)42-13-4-6-17-46(42)52-47)37-26-21-32(22-27-37)36-20-19-35-25-30-48-49(43(35)31-36)41-12-3-5-16-45(41)53-48/h1-31H. The van der Waals surface area contributed by atoms with E-state index in [4.69, 9.17) is 8.83 Å². The highest BCUT2D eigenvalue weighted by Gasteiger charge is 2.20. The Morgan fingerprint density at radius 1 is 0.321 bits per heavy atom. The van der Waals surface area contributed by atoms with E-state index in [1.165, 1.54) is 32.7 Å². The number of para-hydroxylation sites is 2. The molecule has 0 amide bonds. The van der Waals surface area contributed by atoms with Gasteiger partial charge >= 0.3 is 0 Å². The highest BCUT2D eigenvalue weighted by Crippen LogP contribution is 2.44. The van der Waals surface area contributed by atoms with Crippen molar-refractivity contribution in [3.05, 3.63) is 188 Å². The average Bonchev–Trinajstić information content (AvgIpc) is 3.80. The summed E-state index contributed by atoms with van der Waals surface area (Å²) < 4.78 is 12.6. The summed E-state index contributed by atoms with van der Waals surface area (Å²) in [5.74, 6) is 0. The van der Waals surface area contributed by atoms with E-state index in [-0.39, 0.29) is 0 Å². The molecule has 0 N–H and O–H groups in total. The number of anilines is 3. The van der Waals surface area contributed by atoms with E-state index in [9.17, 15) is 0 Å². The number of hydrogen-bond acceptors (Lipinski definition) is 3. The minimum absolute atomic E-state index is 0.868. The molecule has 53 heavy (non-hydrogen) atoms. The summed E-state index contributed by atoms with van der Waals surface area (Å²) >= 11 is 0. The Kier molecular flexibility index (Phi) is 6.55. The molecule has 0 fully saturated rings. The van der Waals surface area contributed by atoms with Crippen molar-refractivity contribution in [3.8, 4) is 22.3 Å². The summed E-state index contributed by atoms with van der Waals surface area (Å²) in [5, 5.41) is 9.38. The summed E-state index contributed by atoms with van der Waals surface area (Å²) in [6.07, 6.45) is 0. The molecule has 0 aliphatic rings. The number of furan rings is 2. The van der Waals surface area contributed by atoms with Crippen LogP contribution in [-0.4, -0.2) is 0 Å². The Bertz CT molecular complexity index is 3160. The first-order valence-electron chi connectivity index (χ1n) is 18.0. The van der Waals surface area contributed by atoms with E-state index in [0.29, 0.717) is 0 Å². The van der Waals surface area contributed by atoms with Crippen molar-refractivity contribution < 1.29 is 8.83 Å². The fraction of sp³-hybridized carbons (Fsp3) is 0. The molecule has 0 aliphatic carbocycles. The molecular formula is C50H31NO2. The molecule has 0 spiro atoms. The monoisotopic (exact) mass is 677 g/mol. The van der Waals surface area contributed by atoms with Gasteiger partial charge in [-0.25, -0.2) is 0 Å². The minimum Gasteiger partial charge on any atom is -0.456 e.